The Labute approximate surface area is 97.5 Å². The van der Waals surface area contributed by atoms with Crippen LogP contribution in [-0.4, -0.2) is 22.2 Å². The van der Waals surface area contributed by atoms with E-state index in [1.807, 2.05) is 6.07 Å². The van der Waals surface area contributed by atoms with Gasteiger partial charge in [0.15, 0.2) is 0 Å². The Morgan fingerprint density at radius 3 is 2.60 bits per heavy atom. The molecule has 2 unspecified atom stereocenters. The van der Waals surface area contributed by atoms with E-state index in [1.165, 1.54) is 18.2 Å². The van der Waals surface area contributed by atoms with Crippen molar-refractivity contribution >= 4 is 23.2 Å². The van der Waals surface area contributed by atoms with Gasteiger partial charge in [-0.3, -0.25) is 0 Å². The highest BCUT2D eigenvalue weighted by Gasteiger charge is 2.20. The first kappa shape index (κ1) is 12.3. The lowest BCUT2D eigenvalue weighted by atomic mass is 10.0. The predicted octanol–water partition coefficient (Wildman–Crippen LogP) is 1.84. The van der Waals surface area contributed by atoms with Gasteiger partial charge in [-0.2, -0.15) is 5.26 Å². The van der Waals surface area contributed by atoms with E-state index in [2.05, 4.69) is 0 Å². The quantitative estimate of drug-likeness (QED) is 0.800. The molecular formula is C10H9Cl2NO2. The highest BCUT2D eigenvalue weighted by molar-refractivity contribution is 6.31. The molecule has 0 radical (unpaired) electrons. The first-order valence-corrected chi connectivity index (χ1v) is 5.13. The third kappa shape index (κ3) is 2.83. The number of rotatable bonds is 3. The zero-order valence-corrected chi connectivity index (χ0v) is 9.20. The van der Waals surface area contributed by atoms with Crippen molar-refractivity contribution in [3.63, 3.8) is 0 Å². The Bertz CT molecular complexity index is 389. The van der Waals surface area contributed by atoms with Gasteiger partial charge in [0, 0.05) is 10.6 Å². The van der Waals surface area contributed by atoms with Gasteiger partial charge in [-0.15, -0.1) is 11.6 Å². The molecule has 0 bridgehead atoms. The summed E-state index contributed by atoms with van der Waals surface area (Å²) >= 11 is 11.2. The summed E-state index contributed by atoms with van der Waals surface area (Å²) < 4.78 is 0. The number of benzene rings is 1. The van der Waals surface area contributed by atoms with Crippen molar-refractivity contribution in [1.82, 2.24) is 0 Å². The molecule has 0 fully saturated rings. The molecule has 0 spiro atoms. The number of alkyl halides is 1. The molecule has 1 rings (SSSR count). The zero-order valence-electron chi connectivity index (χ0n) is 7.69. The number of hydrogen-bond acceptors (Lipinski definition) is 3. The van der Waals surface area contributed by atoms with Gasteiger partial charge in [-0.25, -0.2) is 0 Å². The molecule has 0 saturated heterocycles. The molecule has 0 heterocycles. The molecule has 15 heavy (non-hydrogen) atoms. The maximum atomic E-state index is 9.66. The van der Waals surface area contributed by atoms with Crippen LogP contribution in [0.15, 0.2) is 18.2 Å². The Balaban J connectivity index is 3.07. The van der Waals surface area contributed by atoms with Crippen LogP contribution in [0.4, 0.5) is 0 Å². The maximum Gasteiger partial charge on any atom is 0.107 e. The van der Waals surface area contributed by atoms with E-state index in [9.17, 15) is 10.2 Å². The van der Waals surface area contributed by atoms with Crippen molar-refractivity contribution in [3.8, 4) is 6.07 Å². The van der Waals surface area contributed by atoms with E-state index in [-0.39, 0.29) is 5.88 Å². The molecule has 0 amide bonds. The smallest absolute Gasteiger partial charge is 0.107 e. The molecule has 0 aliphatic carbocycles. The minimum atomic E-state index is -1.18. The summed E-state index contributed by atoms with van der Waals surface area (Å²) in [6.07, 6.45) is -2.28. The average molecular weight is 246 g/mol. The maximum absolute atomic E-state index is 9.66. The highest BCUT2D eigenvalue weighted by Crippen LogP contribution is 2.26. The van der Waals surface area contributed by atoms with Crippen molar-refractivity contribution in [3.05, 3.63) is 34.3 Å². The molecule has 5 heteroatoms. The van der Waals surface area contributed by atoms with Gasteiger partial charge in [0.25, 0.3) is 0 Å². The third-order valence-electron chi connectivity index (χ3n) is 1.97. The second-order valence-electron chi connectivity index (χ2n) is 3.01. The number of aliphatic hydroxyl groups is 2. The lowest BCUT2D eigenvalue weighted by molar-refractivity contribution is 0.0328. The molecule has 0 aliphatic rings. The van der Waals surface area contributed by atoms with Crippen molar-refractivity contribution in [1.29, 1.82) is 5.26 Å². The molecule has 0 saturated carbocycles. The fourth-order valence-electron chi connectivity index (χ4n) is 1.13. The lowest BCUT2D eigenvalue weighted by Crippen LogP contribution is -2.20. The number of nitriles is 1. The topological polar surface area (TPSA) is 64.2 Å². The van der Waals surface area contributed by atoms with E-state index < -0.39 is 12.2 Å². The largest absolute Gasteiger partial charge is 0.389 e. The number of halogens is 2. The SMILES string of the molecule is N#Cc1ccc(Cl)c(C(O)C(O)CCl)c1. The standard InChI is InChI=1S/C10H9Cl2NO2/c11-4-9(14)10(15)7-3-6(5-13)1-2-8(7)12/h1-3,9-10,14-15H,4H2. The van der Waals surface area contributed by atoms with Crippen LogP contribution in [0.3, 0.4) is 0 Å². The fraction of sp³-hybridized carbons (Fsp3) is 0.300. The predicted molar refractivity (Wildman–Crippen MR) is 57.9 cm³/mol. The highest BCUT2D eigenvalue weighted by atomic mass is 35.5. The summed E-state index contributed by atoms with van der Waals surface area (Å²) in [6.45, 7) is 0. The first-order chi connectivity index (χ1) is 7.10. The van der Waals surface area contributed by atoms with Gasteiger partial charge < -0.3 is 10.2 Å². The Morgan fingerprint density at radius 2 is 2.07 bits per heavy atom. The molecular weight excluding hydrogens is 237 g/mol. The number of aliphatic hydroxyl groups excluding tert-OH is 2. The molecule has 0 aliphatic heterocycles. The van der Waals surface area contributed by atoms with E-state index in [0.717, 1.165) is 0 Å². The summed E-state index contributed by atoms with van der Waals surface area (Å²) in [5.74, 6) is -0.103. The third-order valence-corrected chi connectivity index (χ3v) is 2.63. The van der Waals surface area contributed by atoms with Crippen molar-refractivity contribution in [2.75, 3.05) is 5.88 Å². The Morgan fingerprint density at radius 1 is 1.40 bits per heavy atom. The fourth-order valence-corrected chi connectivity index (χ4v) is 1.53. The monoisotopic (exact) mass is 245 g/mol. The van der Waals surface area contributed by atoms with Crippen LogP contribution >= 0.6 is 23.2 Å². The van der Waals surface area contributed by atoms with Crippen LogP contribution in [-0.2, 0) is 0 Å². The van der Waals surface area contributed by atoms with Gasteiger partial charge in [-0.05, 0) is 18.2 Å². The second kappa shape index (κ2) is 5.34. The van der Waals surface area contributed by atoms with Gasteiger partial charge in [0.1, 0.15) is 6.10 Å². The molecule has 1 aromatic rings. The molecule has 1 aromatic carbocycles. The van der Waals surface area contributed by atoms with Crippen molar-refractivity contribution in [2.24, 2.45) is 0 Å². The average Bonchev–Trinajstić information content (AvgIpc) is 2.27. The molecule has 80 valence electrons. The molecule has 2 N–H and O–H groups in total. The van der Waals surface area contributed by atoms with Gasteiger partial charge in [0.05, 0.1) is 23.6 Å². The zero-order chi connectivity index (χ0) is 11.4. The number of hydrogen-bond donors (Lipinski definition) is 2. The van der Waals surface area contributed by atoms with E-state index >= 15 is 0 Å². The van der Waals surface area contributed by atoms with E-state index in [1.54, 1.807) is 0 Å². The van der Waals surface area contributed by atoms with Gasteiger partial charge in [-0.1, -0.05) is 11.6 Å². The summed E-state index contributed by atoms with van der Waals surface area (Å²) in [4.78, 5) is 0. The van der Waals surface area contributed by atoms with Crippen molar-refractivity contribution in [2.45, 2.75) is 12.2 Å². The summed E-state index contributed by atoms with van der Waals surface area (Å²) in [7, 11) is 0. The Hall–Kier alpha value is -0.790. The van der Waals surface area contributed by atoms with Crippen LogP contribution in [0, 0.1) is 11.3 Å². The van der Waals surface area contributed by atoms with Crippen LogP contribution in [0.25, 0.3) is 0 Å². The van der Waals surface area contributed by atoms with Gasteiger partial charge >= 0.3 is 0 Å². The lowest BCUT2D eigenvalue weighted by Gasteiger charge is -2.17. The minimum Gasteiger partial charge on any atom is -0.389 e. The normalized spacial score (nSPS) is 14.3. The van der Waals surface area contributed by atoms with E-state index in [4.69, 9.17) is 28.5 Å². The molecule has 0 aromatic heterocycles. The number of nitrogens with zero attached hydrogens (tertiary/aromatic N) is 1. The Kier molecular flexibility index (Phi) is 4.37. The minimum absolute atomic E-state index is 0.103. The first-order valence-electron chi connectivity index (χ1n) is 4.21. The summed E-state index contributed by atoms with van der Waals surface area (Å²) in [5.41, 5.74) is 0.680. The molecule has 3 nitrogen and oxygen atoms in total. The van der Waals surface area contributed by atoms with Crippen LogP contribution < -0.4 is 0 Å². The second-order valence-corrected chi connectivity index (χ2v) is 3.73. The summed E-state index contributed by atoms with van der Waals surface area (Å²) in [6, 6.07) is 6.39. The van der Waals surface area contributed by atoms with Crippen molar-refractivity contribution < 1.29 is 10.2 Å². The molecule has 2 atom stereocenters. The van der Waals surface area contributed by atoms with Crippen LogP contribution in [0.1, 0.15) is 17.2 Å². The van der Waals surface area contributed by atoms with E-state index in [0.29, 0.717) is 16.1 Å². The van der Waals surface area contributed by atoms with Crippen LogP contribution in [0.2, 0.25) is 5.02 Å². The summed E-state index contributed by atoms with van der Waals surface area (Å²) in [5, 5.41) is 28.0. The van der Waals surface area contributed by atoms with Gasteiger partial charge in [0.2, 0.25) is 0 Å². The van der Waals surface area contributed by atoms with Crippen LogP contribution in [0.5, 0.6) is 0 Å².